The van der Waals surface area contributed by atoms with Crippen LogP contribution in [0.3, 0.4) is 0 Å². The quantitative estimate of drug-likeness (QED) is 0.530. The van der Waals surface area contributed by atoms with Gasteiger partial charge in [-0.05, 0) is 26.7 Å². The summed E-state index contributed by atoms with van der Waals surface area (Å²) in [6.07, 6.45) is 6.49. The highest BCUT2D eigenvalue weighted by Gasteiger charge is 2.45. The van der Waals surface area contributed by atoms with Crippen LogP contribution in [-0.4, -0.2) is 27.3 Å². The Morgan fingerprint density at radius 1 is 1.07 bits per heavy atom. The van der Waals surface area contributed by atoms with E-state index in [1.54, 1.807) is 0 Å². The third-order valence-electron chi connectivity index (χ3n) is 3.19. The van der Waals surface area contributed by atoms with Crippen molar-refractivity contribution < 1.29 is 8.85 Å². The van der Waals surface area contributed by atoms with Crippen molar-refractivity contribution in [3.05, 3.63) is 0 Å². The van der Waals surface area contributed by atoms with Gasteiger partial charge in [-0.1, -0.05) is 19.3 Å². The van der Waals surface area contributed by atoms with Crippen LogP contribution < -0.4 is 0 Å². The van der Waals surface area contributed by atoms with E-state index in [0.29, 0.717) is 11.0 Å². The monoisotopic (exact) mass is 250 g/mol. The lowest BCUT2D eigenvalue weighted by molar-refractivity contribution is 0.169. The van der Waals surface area contributed by atoms with Gasteiger partial charge in [0.1, 0.15) is 0 Å². The smallest absolute Gasteiger partial charge is 0.356 e. The Kier molecular flexibility index (Phi) is 6.20. The highest BCUT2D eigenvalue weighted by molar-refractivity contribution is 6.75. The summed E-state index contributed by atoms with van der Waals surface area (Å²) in [4.78, 5) is 0. The third kappa shape index (κ3) is 3.45. The van der Waals surface area contributed by atoms with Crippen molar-refractivity contribution in [1.29, 1.82) is 0 Å². The second-order valence-electron chi connectivity index (χ2n) is 4.15. The van der Waals surface area contributed by atoms with Crippen LogP contribution in [0.2, 0.25) is 5.54 Å². The van der Waals surface area contributed by atoms with Crippen LogP contribution in [0, 0.1) is 0 Å². The van der Waals surface area contributed by atoms with Crippen molar-refractivity contribution in [2.75, 3.05) is 18.7 Å². The van der Waals surface area contributed by atoms with Gasteiger partial charge >= 0.3 is 8.56 Å². The average molecular weight is 251 g/mol. The molecule has 0 aromatic rings. The molecule has 2 nitrogen and oxygen atoms in total. The maximum absolute atomic E-state index is 6.13. The number of hydrogen-bond donors (Lipinski definition) is 0. The molecule has 0 aromatic heterocycles. The molecule has 0 N–H and O–H groups in total. The first-order chi connectivity index (χ1) is 7.29. The van der Waals surface area contributed by atoms with Gasteiger partial charge in [-0.3, -0.25) is 0 Å². The Balaban J connectivity index is 2.66. The van der Waals surface area contributed by atoms with Crippen molar-refractivity contribution >= 4 is 20.2 Å². The van der Waals surface area contributed by atoms with E-state index in [4.69, 9.17) is 20.5 Å². The van der Waals surface area contributed by atoms with E-state index >= 15 is 0 Å². The highest BCUT2D eigenvalue weighted by Crippen LogP contribution is 2.38. The molecular formula is C11H23ClO2Si. The summed E-state index contributed by atoms with van der Waals surface area (Å²) in [6.45, 7) is 5.54. The maximum Gasteiger partial charge on any atom is 0.356 e. The van der Waals surface area contributed by atoms with Gasteiger partial charge in [0.05, 0.1) is 5.50 Å². The molecule has 0 aromatic carbocycles. The fourth-order valence-electron chi connectivity index (χ4n) is 2.49. The van der Waals surface area contributed by atoms with Gasteiger partial charge in [-0.25, -0.2) is 0 Å². The standard InChI is InChI=1S/C11H23ClO2Si/c1-3-13-15(10-12,14-4-2)11-8-6-5-7-9-11/h11H,3-10H2,1-2H3. The lowest BCUT2D eigenvalue weighted by atomic mass is 10.0. The molecule has 0 unspecified atom stereocenters. The summed E-state index contributed by atoms with van der Waals surface area (Å²) in [5, 5.41) is 0. The lowest BCUT2D eigenvalue weighted by Gasteiger charge is -2.37. The minimum absolute atomic E-state index is 0.583. The van der Waals surface area contributed by atoms with Crippen molar-refractivity contribution in [3.63, 3.8) is 0 Å². The zero-order valence-electron chi connectivity index (χ0n) is 9.93. The van der Waals surface area contributed by atoms with Crippen LogP contribution >= 0.6 is 11.6 Å². The molecule has 1 aliphatic carbocycles. The fourth-order valence-corrected chi connectivity index (χ4v) is 6.80. The Morgan fingerprint density at radius 3 is 2.00 bits per heavy atom. The molecule has 1 aliphatic rings. The first kappa shape index (κ1) is 13.5. The maximum atomic E-state index is 6.13. The molecular weight excluding hydrogens is 228 g/mol. The zero-order chi connectivity index (χ0) is 11.1. The second-order valence-corrected chi connectivity index (χ2v) is 8.23. The summed E-state index contributed by atoms with van der Waals surface area (Å²) in [5.74, 6) is 0. The third-order valence-corrected chi connectivity index (χ3v) is 8.06. The Bertz CT molecular complexity index is 166. The molecule has 0 atom stereocenters. The van der Waals surface area contributed by atoms with Gasteiger partial charge in [0.25, 0.3) is 0 Å². The van der Waals surface area contributed by atoms with Crippen LogP contribution in [0.4, 0.5) is 0 Å². The topological polar surface area (TPSA) is 18.5 Å². The van der Waals surface area contributed by atoms with Crippen LogP contribution in [-0.2, 0) is 8.85 Å². The van der Waals surface area contributed by atoms with Crippen LogP contribution in [0.25, 0.3) is 0 Å². The molecule has 0 radical (unpaired) electrons. The van der Waals surface area contributed by atoms with Gasteiger partial charge in [0.15, 0.2) is 0 Å². The summed E-state index contributed by atoms with van der Waals surface area (Å²) >= 11 is 6.13. The van der Waals surface area contributed by atoms with Crippen molar-refractivity contribution in [2.45, 2.75) is 51.5 Å². The molecule has 90 valence electrons. The second kappa shape index (κ2) is 6.89. The predicted molar refractivity (Wildman–Crippen MR) is 66.6 cm³/mol. The SMILES string of the molecule is CCO[Si](CCl)(OCC)C1CCCCC1. The lowest BCUT2D eigenvalue weighted by Crippen LogP contribution is -2.50. The van der Waals surface area contributed by atoms with Crippen molar-refractivity contribution in [2.24, 2.45) is 0 Å². The van der Waals surface area contributed by atoms with E-state index < -0.39 is 8.56 Å². The van der Waals surface area contributed by atoms with E-state index in [0.717, 1.165) is 13.2 Å². The van der Waals surface area contributed by atoms with E-state index in [-0.39, 0.29) is 0 Å². The molecule has 0 spiro atoms. The molecule has 0 aliphatic heterocycles. The summed E-state index contributed by atoms with van der Waals surface area (Å²) in [6, 6.07) is 0. The number of alkyl halides is 1. The Labute approximate surface area is 99.5 Å². The molecule has 1 fully saturated rings. The van der Waals surface area contributed by atoms with Gasteiger partial charge in [0.2, 0.25) is 0 Å². The van der Waals surface area contributed by atoms with E-state index in [2.05, 4.69) is 0 Å². The number of hydrogen-bond acceptors (Lipinski definition) is 2. The largest absolute Gasteiger partial charge is 0.394 e. The summed E-state index contributed by atoms with van der Waals surface area (Å²) in [7, 11) is -2.10. The Hall–Kier alpha value is 0.427. The molecule has 0 amide bonds. The zero-order valence-corrected chi connectivity index (χ0v) is 11.7. The molecule has 1 saturated carbocycles. The first-order valence-electron chi connectivity index (χ1n) is 6.13. The van der Waals surface area contributed by atoms with Gasteiger partial charge in [-0.2, -0.15) is 0 Å². The molecule has 0 heterocycles. The highest BCUT2D eigenvalue weighted by atomic mass is 35.5. The molecule has 1 rings (SSSR count). The number of halogens is 1. The van der Waals surface area contributed by atoms with Crippen molar-refractivity contribution in [1.82, 2.24) is 0 Å². The number of rotatable bonds is 6. The van der Waals surface area contributed by atoms with E-state index in [9.17, 15) is 0 Å². The summed E-state index contributed by atoms with van der Waals surface area (Å²) < 4.78 is 11.9. The van der Waals surface area contributed by atoms with Gasteiger partial charge in [-0.15, -0.1) is 11.6 Å². The van der Waals surface area contributed by atoms with E-state index in [1.165, 1.54) is 32.1 Å². The van der Waals surface area contributed by atoms with Crippen LogP contribution in [0.5, 0.6) is 0 Å². The predicted octanol–water partition coefficient (Wildman–Crippen LogP) is 3.61. The summed E-state index contributed by atoms with van der Waals surface area (Å²) in [5.41, 5.74) is 1.20. The molecule has 0 saturated heterocycles. The molecule has 15 heavy (non-hydrogen) atoms. The average Bonchev–Trinajstić information content (AvgIpc) is 2.30. The molecule has 4 heteroatoms. The van der Waals surface area contributed by atoms with Crippen LogP contribution in [0.1, 0.15) is 46.0 Å². The first-order valence-corrected chi connectivity index (χ1v) is 8.76. The fraction of sp³-hybridized carbons (Fsp3) is 1.00. The van der Waals surface area contributed by atoms with E-state index in [1.807, 2.05) is 13.8 Å². The minimum Gasteiger partial charge on any atom is -0.394 e. The van der Waals surface area contributed by atoms with Gasteiger partial charge < -0.3 is 8.85 Å². The molecule has 0 bridgehead atoms. The Morgan fingerprint density at radius 2 is 1.60 bits per heavy atom. The van der Waals surface area contributed by atoms with Crippen LogP contribution in [0.15, 0.2) is 0 Å². The van der Waals surface area contributed by atoms with Crippen molar-refractivity contribution in [3.8, 4) is 0 Å². The minimum atomic E-state index is -2.10. The van der Waals surface area contributed by atoms with Gasteiger partial charge in [0, 0.05) is 18.8 Å². The normalized spacial score (nSPS) is 19.4.